The Hall–Kier alpha value is -4.38. The van der Waals surface area contributed by atoms with Crippen molar-refractivity contribution in [2.24, 2.45) is 0 Å². The van der Waals surface area contributed by atoms with Crippen molar-refractivity contribution in [2.45, 2.75) is 19.9 Å². The lowest BCUT2D eigenvalue weighted by atomic mass is 10.1. The topological polar surface area (TPSA) is 121 Å². The quantitative estimate of drug-likeness (QED) is 0.177. The first-order valence-corrected chi connectivity index (χ1v) is 12.7. The first-order chi connectivity index (χ1) is 19.2. The number of hydrogen-bond acceptors (Lipinski definition) is 10. The molecule has 1 aliphatic heterocycles. The highest BCUT2D eigenvalue weighted by Crippen LogP contribution is 2.38. The maximum absolute atomic E-state index is 12.4. The fourth-order valence-electron chi connectivity index (χ4n) is 4.04. The predicted molar refractivity (Wildman–Crippen MR) is 146 cm³/mol. The van der Waals surface area contributed by atoms with Gasteiger partial charge in [0.25, 0.3) is 11.7 Å². The third kappa shape index (κ3) is 7.82. The summed E-state index contributed by atoms with van der Waals surface area (Å²) in [5.41, 5.74) is 0.709. The summed E-state index contributed by atoms with van der Waals surface area (Å²) in [6, 6.07) is 9.14. The van der Waals surface area contributed by atoms with E-state index in [4.69, 9.17) is 23.7 Å². The summed E-state index contributed by atoms with van der Waals surface area (Å²) >= 11 is 0. The van der Waals surface area contributed by atoms with Gasteiger partial charge in [-0.2, -0.15) is 0 Å². The molecular formula is C29H34N2O9. The normalized spacial score (nSPS) is 13.7. The summed E-state index contributed by atoms with van der Waals surface area (Å²) in [4.78, 5) is 53.3. The molecular weight excluding hydrogens is 520 g/mol. The van der Waals surface area contributed by atoms with E-state index in [1.807, 2.05) is 0 Å². The van der Waals surface area contributed by atoms with E-state index in [0.29, 0.717) is 41.9 Å². The van der Waals surface area contributed by atoms with E-state index in [2.05, 4.69) is 18.7 Å². The predicted octanol–water partition coefficient (Wildman–Crippen LogP) is 2.61. The molecule has 1 aliphatic rings. The average Bonchev–Trinajstić information content (AvgIpc) is 2.98. The van der Waals surface area contributed by atoms with Gasteiger partial charge in [-0.05, 0) is 61.9 Å². The summed E-state index contributed by atoms with van der Waals surface area (Å²) in [6.45, 7) is 6.60. The summed E-state index contributed by atoms with van der Waals surface area (Å²) in [5, 5.41) is 0. The van der Waals surface area contributed by atoms with Gasteiger partial charge in [0, 0.05) is 32.2 Å². The van der Waals surface area contributed by atoms with E-state index in [0.717, 1.165) is 19.2 Å². The van der Waals surface area contributed by atoms with Gasteiger partial charge in [-0.25, -0.2) is 9.59 Å². The smallest absolute Gasteiger partial charge is 0.384 e. The van der Waals surface area contributed by atoms with Gasteiger partial charge in [0.05, 0.1) is 26.9 Å². The molecule has 0 saturated carbocycles. The van der Waals surface area contributed by atoms with Crippen molar-refractivity contribution in [1.29, 1.82) is 0 Å². The van der Waals surface area contributed by atoms with Crippen molar-refractivity contribution >= 4 is 29.7 Å². The van der Waals surface area contributed by atoms with E-state index >= 15 is 0 Å². The van der Waals surface area contributed by atoms with Crippen molar-refractivity contribution in [3.63, 3.8) is 0 Å². The molecule has 0 N–H and O–H groups in total. The summed E-state index contributed by atoms with van der Waals surface area (Å²) in [7, 11) is 4.41. The Morgan fingerprint density at radius 1 is 0.875 bits per heavy atom. The molecule has 2 aromatic carbocycles. The van der Waals surface area contributed by atoms with Crippen LogP contribution >= 0.6 is 0 Å². The molecule has 0 aliphatic carbocycles. The second-order valence-corrected chi connectivity index (χ2v) is 9.16. The minimum absolute atomic E-state index is 0.0650. The molecule has 0 bridgehead atoms. The molecule has 214 valence electrons. The van der Waals surface area contributed by atoms with Crippen LogP contribution in [0, 0.1) is 0 Å². The maximum atomic E-state index is 12.4. The molecule has 11 nitrogen and oxygen atoms in total. The van der Waals surface area contributed by atoms with Gasteiger partial charge in [0.15, 0.2) is 18.1 Å². The minimum Gasteiger partial charge on any atom is -0.493 e. The van der Waals surface area contributed by atoms with Crippen molar-refractivity contribution in [3.8, 4) is 23.0 Å². The number of carbonyl (C=O) groups is 4. The van der Waals surface area contributed by atoms with Crippen molar-refractivity contribution in [1.82, 2.24) is 9.80 Å². The van der Waals surface area contributed by atoms with Crippen molar-refractivity contribution in [2.75, 3.05) is 54.1 Å². The Morgan fingerprint density at radius 3 is 2.00 bits per heavy atom. The van der Waals surface area contributed by atoms with Crippen LogP contribution in [0.25, 0.3) is 6.08 Å². The van der Waals surface area contributed by atoms with Crippen LogP contribution in [0.1, 0.15) is 29.8 Å². The Labute approximate surface area is 233 Å². The summed E-state index contributed by atoms with van der Waals surface area (Å²) in [6.07, 6.45) is 2.48. The number of methoxy groups -OCH3 is 3. The highest BCUT2D eigenvalue weighted by molar-refractivity contribution is 6.39. The zero-order valence-electron chi connectivity index (χ0n) is 23.3. The van der Waals surface area contributed by atoms with Gasteiger partial charge < -0.3 is 28.6 Å². The van der Waals surface area contributed by atoms with Gasteiger partial charge in [-0.15, -0.1) is 0 Å². The lowest BCUT2D eigenvalue weighted by molar-refractivity contribution is -0.144. The monoisotopic (exact) mass is 554 g/mol. The van der Waals surface area contributed by atoms with Crippen LogP contribution in [-0.4, -0.2) is 93.6 Å². The molecule has 0 unspecified atom stereocenters. The molecule has 1 fully saturated rings. The molecule has 2 aromatic rings. The number of benzene rings is 2. The van der Waals surface area contributed by atoms with Gasteiger partial charge in [-0.1, -0.05) is 6.08 Å². The first kappa shape index (κ1) is 30.2. The average molecular weight is 555 g/mol. The number of esters is 2. The number of piperazine rings is 1. The van der Waals surface area contributed by atoms with Crippen molar-refractivity contribution < 1.29 is 42.9 Å². The van der Waals surface area contributed by atoms with Gasteiger partial charge in [0.1, 0.15) is 5.75 Å². The van der Waals surface area contributed by atoms with E-state index in [-0.39, 0.29) is 23.8 Å². The number of ketones is 1. The SMILES string of the molecule is COc1cc(/C=C/C(=O)C(=O)Oc2ccc(C(=O)OCC(=O)N3CCN(C(C)C)CC3)cc2)cc(OC)c1OC. The van der Waals surface area contributed by atoms with Crippen LogP contribution in [0.4, 0.5) is 0 Å². The number of nitrogens with zero attached hydrogens (tertiary/aromatic N) is 2. The fraction of sp³-hybridized carbons (Fsp3) is 0.379. The lowest BCUT2D eigenvalue weighted by Crippen LogP contribution is -2.51. The Balaban J connectivity index is 1.51. The van der Waals surface area contributed by atoms with Crippen LogP contribution in [0.3, 0.4) is 0 Å². The minimum atomic E-state index is -1.11. The molecule has 0 spiro atoms. The second kappa shape index (κ2) is 14.1. The van der Waals surface area contributed by atoms with Crippen LogP contribution in [0.2, 0.25) is 0 Å². The third-order valence-electron chi connectivity index (χ3n) is 6.34. The molecule has 0 atom stereocenters. The number of hydrogen-bond donors (Lipinski definition) is 0. The van der Waals surface area contributed by atoms with Crippen LogP contribution in [-0.2, 0) is 19.1 Å². The molecule has 3 rings (SSSR count). The van der Waals surface area contributed by atoms with Gasteiger partial charge in [-0.3, -0.25) is 14.5 Å². The zero-order chi connectivity index (χ0) is 29.2. The lowest BCUT2D eigenvalue weighted by Gasteiger charge is -2.36. The second-order valence-electron chi connectivity index (χ2n) is 9.16. The molecule has 1 heterocycles. The molecule has 1 amide bonds. The Morgan fingerprint density at radius 2 is 1.48 bits per heavy atom. The number of carbonyl (C=O) groups excluding carboxylic acids is 4. The number of amides is 1. The third-order valence-corrected chi connectivity index (χ3v) is 6.34. The first-order valence-electron chi connectivity index (χ1n) is 12.7. The Kier molecular flexibility index (Phi) is 10.7. The molecule has 0 radical (unpaired) electrons. The van der Waals surface area contributed by atoms with Crippen molar-refractivity contribution in [3.05, 3.63) is 53.6 Å². The number of rotatable bonds is 11. The van der Waals surface area contributed by atoms with Crippen LogP contribution in [0.5, 0.6) is 23.0 Å². The molecule has 0 aromatic heterocycles. The maximum Gasteiger partial charge on any atom is 0.384 e. The Bertz CT molecular complexity index is 1220. The molecule has 40 heavy (non-hydrogen) atoms. The zero-order valence-corrected chi connectivity index (χ0v) is 23.3. The fourth-order valence-corrected chi connectivity index (χ4v) is 4.04. The standard InChI is InChI=1S/C29H34N2O9/c1-19(2)30-12-14-31(15-13-30)26(33)18-39-28(34)21-7-9-22(10-8-21)40-29(35)23(32)11-6-20-16-24(36-3)27(38-5)25(17-20)37-4/h6-11,16-17,19H,12-15,18H2,1-5H3/b11-6+. The summed E-state index contributed by atoms with van der Waals surface area (Å²) < 4.78 is 26.1. The van der Waals surface area contributed by atoms with E-state index in [1.54, 1.807) is 17.0 Å². The van der Waals surface area contributed by atoms with Gasteiger partial charge in [0.2, 0.25) is 5.75 Å². The van der Waals surface area contributed by atoms with E-state index in [1.165, 1.54) is 51.7 Å². The van der Waals surface area contributed by atoms with Gasteiger partial charge >= 0.3 is 11.9 Å². The summed E-state index contributed by atoms with van der Waals surface area (Å²) in [5.74, 6) is -1.70. The van der Waals surface area contributed by atoms with Crippen LogP contribution < -0.4 is 18.9 Å². The molecule has 11 heteroatoms. The number of ether oxygens (including phenoxy) is 5. The molecule has 1 saturated heterocycles. The highest BCUT2D eigenvalue weighted by Gasteiger charge is 2.23. The van der Waals surface area contributed by atoms with Crippen LogP contribution in [0.15, 0.2) is 42.5 Å². The van der Waals surface area contributed by atoms with E-state index in [9.17, 15) is 19.2 Å². The highest BCUT2D eigenvalue weighted by atomic mass is 16.5. The van der Waals surface area contributed by atoms with E-state index < -0.39 is 17.7 Å². The largest absolute Gasteiger partial charge is 0.493 e.